The molecule has 7 heteroatoms. The summed E-state index contributed by atoms with van der Waals surface area (Å²) in [6.45, 7) is 0. The largest absolute Gasteiger partial charge is 0.301 e. The minimum Gasteiger partial charge on any atom is -0.206 e. The molecular weight excluding hydrogens is 242 g/mol. The van der Waals surface area contributed by atoms with E-state index >= 15 is 0 Å². The van der Waals surface area contributed by atoms with Crippen LogP contribution in [-0.4, -0.2) is 11.5 Å². The molecule has 0 saturated carbocycles. The number of rotatable bonds is 6. The Balaban J connectivity index is 3.58. The van der Waals surface area contributed by atoms with Gasteiger partial charge in [-0.05, 0) is 11.5 Å². The first kappa shape index (κ1) is 14.4. The van der Waals surface area contributed by atoms with Gasteiger partial charge in [-0.25, -0.2) is 8.78 Å². The predicted molar refractivity (Wildman–Crippen MR) is 47.3 cm³/mol. The van der Waals surface area contributed by atoms with Crippen LogP contribution in [0, 0.1) is 0 Å². The van der Waals surface area contributed by atoms with Crippen LogP contribution in [0.1, 0.15) is 12.8 Å². The predicted octanol–water partition coefficient (Wildman–Crippen LogP) is 4.66. The summed E-state index contributed by atoms with van der Waals surface area (Å²) in [5.74, 6) is -3.03. The van der Waals surface area contributed by atoms with Crippen molar-refractivity contribution in [1.82, 2.24) is 0 Å². The first-order valence-corrected chi connectivity index (χ1v) is 5.07. The molecule has 0 amide bonds. The SMILES string of the molecule is FC(F)=C(F)CCSCCC(F)=C(F)F. The van der Waals surface area contributed by atoms with E-state index in [0.717, 1.165) is 11.8 Å². The number of halogens is 6. The fraction of sp³-hybridized carbons (Fsp3) is 0.500. The number of thioether (sulfide) groups is 1. The number of hydrogen-bond acceptors (Lipinski definition) is 1. The lowest BCUT2D eigenvalue weighted by Crippen LogP contribution is -1.87. The summed E-state index contributed by atoms with van der Waals surface area (Å²) in [4.78, 5) is 0. The van der Waals surface area contributed by atoms with Gasteiger partial charge in [-0.3, -0.25) is 0 Å². The molecule has 0 heterocycles. The van der Waals surface area contributed by atoms with Crippen LogP contribution in [0.3, 0.4) is 0 Å². The summed E-state index contributed by atoms with van der Waals surface area (Å²) < 4.78 is 70.3. The van der Waals surface area contributed by atoms with E-state index in [-0.39, 0.29) is 11.5 Å². The molecule has 0 rings (SSSR count). The van der Waals surface area contributed by atoms with Gasteiger partial charge in [-0.2, -0.15) is 29.3 Å². The van der Waals surface area contributed by atoms with Gasteiger partial charge in [0.1, 0.15) is 0 Å². The molecular formula is C8H8F6S. The molecule has 0 aromatic carbocycles. The molecule has 0 bridgehead atoms. The van der Waals surface area contributed by atoms with Crippen LogP contribution in [0.5, 0.6) is 0 Å². The summed E-state index contributed by atoms with van der Waals surface area (Å²) in [5, 5.41) is 0. The van der Waals surface area contributed by atoms with E-state index in [1.54, 1.807) is 0 Å². The van der Waals surface area contributed by atoms with Gasteiger partial charge in [0.15, 0.2) is 11.7 Å². The molecule has 0 radical (unpaired) electrons. The summed E-state index contributed by atoms with van der Waals surface area (Å²) in [7, 11) is 0. The Kier molecular flexibility index (Phi) is 7.37. The Morgan fingerprint density at radius 2 is 1.00 bits per heavy atom. The molecule has 0 atom stereocenters. The summed E-state index contributed by atoms with van der Waals surface area (Å²) >= 11 is 0.930. The Morgan fingerprint density at radius 1 is 0.667 bits per heavy atom. The second kappa shape index (κ2) is 7.67. The van der Waals surface area contributed by atoms with Crippen molar-refractivity contribution in [2.45, 2.75) is 12.8 Å². The van der Waals surface area contributed by atoms with Crippen molar-refractivity contribution in [3.05, 3.63) is 23.8 Å². The van der Waals surface area contributed by atoms with Crippen molar-refractivity contribution >= 4 is 11.8 Å². The Bertz CT molecular complexity index is 226. The topological polar surface area (TPSA) is 0 Å². The van der Waals surface area contributed by atoms with Crippen LogP contribution in [0.4, 0.5) is 26.3 Å². The minimum atomic E-state index is -2.38. The molecule has 88 valence electrons. The maximum atomic E-state index is 12.2. The molecule has 15 heavy (non-hydrogen) atoms. The third-order valence-electron chi connectivity index (χ3n) is 1.34. The molecule has 0 aromatic heterocycles. The van der Waals surface area contributed by atoms with Crippen LogP contribution in [-0.2, 0) is 0 Å². The first-order chi connectivity index (χ1) is 6.95. The molecule has 0 aliphatic carbocycles. The zero-order chi connectivity index (χ0) is 11.8. The highest BCUT2D eigenvalue weighted by Gasteiger charge is 2.06. The zero-order valence-corrected chi connectivity index (χ0v) is 8.32. The maximum Gasteiger partial charge on any atom is 0.301 e. The number of allylic oxidation sites excluding steroid dienone is 2. The quantitative estimate of drug-likeness (QED) is 0.488. The van der Waals surface area contributed by atoms with Gasteiger partial charge >= 0.3 is 12.2 Å². The van der Waals surface area contributed by atoms with Gasteiger partial charge in [0, 0.05) is 12.8 Å². The molecule has 0 N–H and O–H groups in total. The standard InChI is InChI=1S/C8H8F6S/c9-5(7(11)12)1-3-15-4-2-6(10)8(13)14/h1-4H2. The van der Waals surface area contributed by atoms with Crippen molar-refractivity contribution in [2.24, 2.45) is 0 Å². The average Bonchev–Trinajstić information content (AvgIpc) is 2.16. The Labute approximate surface area is 87.0 Å². The van der Waals surface area contributed by atoms with E-state index in [9.17, 15) is 26.3 Å². The highest BCUT2D eigenvalue weighted by molar-refractivity contribution is 7.99. The lowest BCUT2D eigenvalue weighted by Gasteiger charge is -1.98. The van der Waals surface area contributed by atoms with Gasteiger partial charge < -0.3 is 0 Å². The summed E-state index contributed by atoms with van der Waals surface area (Å²) in [6, 6.07) is 0. The maximum absolute atomic E-state index is 12.2. The second-order valence-electron chi connectivity index (χ2n) is 2.44. The first-order valence-electron chi connectivity index (χ1n) is 3.92. The minimum absolute atomic E-state index is 0.00432. The average molecular weight is 250 g/mol. The highest BCUT2D eigenvalue weighted by atomic mass is 32.2. The van der Waals surface area contributed by atoms with E-state index in [4.69, 9.17) is 0 Å². The lowest BCUT2D eigenvalue weighted by molar-refractivity contribution is 0.373. The van der Waals surface area contributed by atoms with Crippen LogP contribution >= 0.6 is 11.8 Å². The molecule has 0 aliphatic heterocycles. The Hall–Kier alpha value is -0.590. The normalized spacial score (nSPS) is 10.0. The van der Waals surface area contributed by atoms with E-state index in [1.807, 2.05) is 0 Å². The van der Waals surface area contributed by atoms with Crippen molar-refractivity contribution in [3.63, 3.8) is 0 Å². The van der Waals surface area contributed by atoms with Crippen LogP contribution in [0.15, 0.2) is 23.8 Å². The van der Waals surface area contributed by atoms with Crippen molar-refractivity contribution in [1.29, 1.82) is 0 Å². The molecule has 0 nitrogen and oxygen atoms in total. The van der Waals surface area contributed by atoms with Crippen molar-refractivity contribution < 1.29 is 26.3 Å². The molecule has 0 fully saturated rings. The van der Waals surface area contributed by atoms with Crippen LogP contribution < -0.4 is 0 Å². The van der Waals surface area contributed by atoms with Gasteiger partial charge in [-0.1, -0.05) is 0 Å². The molecule has 0 spiro atoms. The van der Waals surface area contributed by atoms with E-state index in [0.29, 0.717) is 0 Å². The lowest BCUT2D eigenvalue weighted by atomic mass is 10.4. The van der Waals surface area contributed by atoms with E-state index in [1.165, 1.54) is 0 Å². The number of hydrogen-bond donors (Lipinski definition) is 0. The van der Waals surface area contributed by atoms with Gasteiger partial charge in [0.2, 0.25) is 0 Å². The van der Waals surface area contributed by atoms with Gasteiger partial charge in [0.25, 0.3) is 0 Å². The third kappa shape index (κ3) is 7.35. The molecule has 0 saturated heterocycles. The fourth-order valence-electron chi connectivity index (χ4n) is 0.615. The zero-order valence-electron chi connectivity index (χ0n) is 7.50. The molecule has 0 unspecified atom stereocenters. The molecule has 0 aliphatic rings. The monoisotopic (exact) mass is 250 g/mol. The van der Waals surface area contributed by atoms with Crippen LogP contribution in [0.2, 0.25) is 0 Å². The van der Waals surface area contributed by atoms with Gasteiger partial charge in [0.05, 0.1) is 0 Å². The van der Waals surface area contributed by atoms with E-state index in [2.05, 4.69) is 0 Å². The summed E-state index contributed by atoms with van der Waals surface area (Å²) in [6.07, 6.45) is -5.71. The van der Waals surface area contributed by atoms with Crippen molar-refractivity contribution in [2.75, 3.05) is 11.5 Å². The fourth-order valence-corrected chi connectivity index (χ4v) is 1.47. The summed E-state index contributed by atoms with van der Waals surface area (Å²) in [5.41, 5.74) is 0. The smallest absolute Gasteiger partial charge is 0.206 e. The third-order valence-corrected chi connectivity index (χ3v) is 2.33. The second-order valence-corrected chi connectivity index (χ2v) is 3.67. The van der Waals surface area contributed by atoms with Crippen molar-refractivity contribution in [3.8, 4) is 0 Å². The highest BCUT2D eigenvalue weighted by Crippen LogP contribution is 2.19. The molecule has 0 aromatic rings. The Morgan fingerprint density at radius 3 is 1.27 bits per heavy atom. The van der Waals surface area contributed by atoms with Gasteiger partial charge in [-0.15, -0.1) is 0 Å². The van der Waals surface area contributed by atoms with Crippen LogP contribution in [0.25, 0.3) is 0 Å². The van der Waals surface area contributed by atoms with E-state index < -0.39 is 36.7 Å².